The molecule has 0 saturated heterocycles. The Morgan fingerprint density at radius 1 is 1.60 bits per heavy atom. The fourth-order valence-corrected chi connectivity index (χ4v) is 1.17. The number of hydrogen-bond donors (Lipinski definition) is 2. The standard InChI is InChI=1S/C5H12N2O2S/c1-5(6)3-4-10(8,9)7-2/h6-7H,3-4H2,1-2H3. The summed E-state index contributed by atoms with van der Waals surface area (Å²) in [5.41, 5.74) is 0.388. The Morgan fingerprint density at radius 3 is 2.40 bits per heavy atom. The summed E-state index contributed by atoms with van der Waals surface area (Å²) in [6.45, 7) is 1.59. The van der Waals surface area contributed by atoms with E-state index in [4.69, 9.17) is 5.41 Å². The molecule has 60 valence electrons. The molecule has 0 unspecified atom stereocenters. The van der Waals surface area contributed by atoms with Gasteiger partial charge in [0.2, 0.25) is 10.0 Å². The summed E-state index contributed by atoms with van der Waals surface area (Å²) in [5.74, 6) is 0.0127. The monoisotopic (exact) mass is 164 g/mol. The van der Waals surface area contributed by atoms with Gasteiger partial charge >= 0.3 is 0 Å². The van der Waals surface area contributed by atoms with E-state index in [-0.39, 0.29) is 5.75 Å². The van der Waals surface area contributed by atoms with Crippen LogP contribution < -0.4 is 4.72 Å². The maximum absolute atomic E-state index is 10.7. The molecule has 0 radical (unpaired) electrons. The first-order chi connectivity index (χ1) is 4.48. The van der Waals surface area contributed by atoms with E-state index in [1.54, 1.807) is 6.92 Å². The highest BCUT2D eigenvalue weighted by molar-refractivity contribution is 7.89. The van der Waals surface area contributed by atoms with Crippen molar-refractivity contribution < 1.29 is 8.42 Å². The van der Waals surface area contributed by atoms with Crippen LogP contribution in [0.15, 0.2) is 0 Å². The SMILES string of the molecule is CNS(=O)(=O)CCC(C)=N. The summed E-state index contributed by atoms with van der Waals surface area (Å²) in [6.07, 6.45) is 0.309. The predicted molar refractivity (Wildman–Crippen MR) is 40.9 cm³/mol. The summed E-state index contributed by atoms with van der Waals surface area (Å²) in [7, 11) is -1.74. The summed E-state index contributed by atoms with van der Waals surface area (Å²) in [6, 6.07) is 0. The number of nitrogens with one attached hydrogen (secondary N) is 2. The van der Waals surface area contributed by atoms with Gasteiger partial charge in [0.1, 0.15) is 0 Å². The van der Waals surface area contributed by atoms with E-state index in [1.165, 1.54) is 7.05 Å². The third-order valence-electron chi connectivity index (χ3n) is 1.06. The molecule has 10 heavy (non-hydrogen) atoms. The molecule has 0 aromatic heterocycles. The summed E-state index contributed by atoms with van der Waals surface area (Å²) >= 11 is 0. The summed E-state index contributed by atoms with van der Waals surface area (Å²) in [4.78, 5) is 0. The molecule has 0 saturated carbocycles. The number of hydrogen-bond acceptors (Lipinski definition) is 3. The third kappa shape index (κ3) is 4.46. The van der Waals surface area contributed by atoms with Gasteiger partial charge in [-0.2, -0.15) is 0 Å². The van der Waals surface area contributed by atoms with Crippen molar-refractivity contribution in [1.82, 2.24) is 4.72 Å². The highest BCUT2D eigenvalue weighted by Gasteiger charge is 2.05. The lowest BCUT2D eigenvalue weighted by Crippen LogP contribution is -2.22. The normalized spacial score (nSPS) is 11.4. The van der Waals surface area contributed by atoms with Gasteiger partial charge < -0.3 is 5.41 Å². The predicted octanol–water partition coefficient (Wildman–Crippen LogP) is -0.0346. The van der Waals surface area contributed by atoms with Gasteiger partial charge in [0.15, 0.2) is 0 Å². The van der Waals surface area contributed by atoms with Crippen molar-refractivity contribution >= 4 is 15.7 Å². The van der Waals surface area contributed by atoms with Crippen LogP contribution in [0.2, 0.25) is 0 Å². The smallest absolute Gasteiger partial charge is 0.211 e. The minimum atomic E-state index is -3.11. The molecule has 0 amide bonds. The second-order valence-electron chi connectivity index (χ2n) is 2.05. The lowest BCUT2D eigenvalue weighted by atomic mass is 10.3. The Kier molecular flexibility index (Phi) is 3.52. The van der Waals surface area contributed by atoms with Gasteiger partial charge in [-0.15, -0.1) is 0 Å². The van der Waals surface area contributed by atoms with Gasteiger partial charge in [-0.05, 0) is 14.0 Å². The molecule has 0 aromatic rings. The molecule has 0 aliphatic carbocycles. The molecule has 0 fully saturated rings. The van der Waals surface area contributed by atoms with Crippen molar-refractivity contribution in [3.63, 3.8) is 0 Å². The van der Waals surface area contributed by atoms with Crippen molar-refractivity contribution in [2.75, 3.05) is 12.8 Å². The molecule has 0 heterocycles. The maximum atomic E-state index is 10.7. The van der Waals surface area contributed by atoms with Gasteiger partial charge in [-0.25, -0.2) is 13.1 Å². The zero-order chi connectivity index (χ0) is 8.20. The largest absolute Gasteiger partial charge is 0.310 e. The van der Waals surface area contributed by atoms with E-state index >= 15 is 0 Å². The molecule has 0 bridgehead atoms. The topological polar surface area (TPSA) is 70.0 Å². The Morgan fingerprint density at radius 2 is 2.10 bits per heavy atom. The van der Waals surface area contributed by atoms with E-state index < -0.39 is 10.0 Å². The van der Waals surface area contributed by atoms with Crippen LogP contribution in [0.4, 0.5) is 0 Å². The van der Waals surface area contributed by atoms with Crippen LogP contribution in [0.25, 0.3) is 0 Å². The molecular weight excluding hydrogens is 152 g/mol. The minimum absolute atomic E-state index is 0.0127. The molecule has 0 aromatic carbocycles. The zero-order valence-corrected chi connectivity index (χ0v) is 6.96. The summed E-state index contributed by atoms with van der Waals surface area (Å²) < 4.78 is 23.6. The second kappa shape index (κ2) is 3.68. The van der Waals surface area contributed by atoms with E-state index in [1.807, 2.05) is 0 Å². The second-order valence-corrected chi connectivity index (χ2v) is 4.10. The molecule has 0 atom stereocenters. The fraction of sp³-hybridized carbons (Fsp3) is 0.800. The zero-order valence-electron chi connectivity index (χ0n) is 6.14. The van der Waals surface area contributed by atoms with Crippen molar-refractivity contribution in [2.24, 2.45) is 0 Å². The molecular formula is C5H12N2O2S. The van der Waals surface area contributed by atoms with Gasteiger partial charge in [-0.3, -0.25) is 0 Å². The molecule has 5 heteroatoms. The number of sulfonamides is 1. The third-order valence-corrected chi connectivity index (χ3v) is 2.42. The van der Waals surface area contributed by atoms with Crippen LogP contribution in [0.1, 0.15) is 13.3 Å². The van der Waals surface area contributed by atoms with Gasteiger partial charge in [0.05, 0.1) is 5.75 Å². The Hall–Kier alpha value is -0.420. The Balaban J connectivity index is 3.81. The Bertz CT molecular complexity index is 208. The highest BCUT2D eigenvalue weighted by Crippen LogP contribution is 1.88. The van der Waals surface area contributed by atoms with Crippen molar-refractivity contribution in [2.45, 2.75) is 13.3 Å². The lowest BCUT2D eigenvalue weighted by Gasteiger charge is -1.99. The maximum Gasteiger partial charge on any atom is 0.211 e. The molecule has 0 spiro atoms. The van der Waals surface area contributed by atoms with E-state index in [0.717, 1.165) is 0 Å². The van der Waals surface area contributed by atoms with E-state index in [2.05, 4.69) is 4.72 Å². The first-order valence-electron chi connectivity index (χ1n) is 2.93. The van der Waals surface area contributed by atoms with Gasteiger partial charge in [-0.1, -0.05) is 0 Å². The molecule has 4 nitrogen and oxygen atoms in total. The van der Waals surface area contributed by atoms with Crippen LogP contribution >= 0.6 is 0 Å². The Labute approximate surface area is 61.2 Å². The first kappa shape index (κ1) is 9.58. The van der Waals surface area contributed by atoms with Crippen LogP contribution in [0.5, 0.6) is 0 Å². The van der Waals surface area contributed by atoms with Crippen LogP contribution in [-0.4, -0.2) is 26.9 Å². The average molecular weight is 164 g/mol. The van der Waals surface area contributed by atoms with Crippen molar-refractivity contribution in [3.8, 4) is 0 Å². The lowest BCUT2D eigenvalue weighted by molar-refractivity contribution is 0.588. The van der Waals surface area contributed by atoms with Crippen LogP contribution in [0.3, 0.4) is 0 Å². The fourth-order valence-electron chi connectivity index (χ4n) is 0.390. The highest BCUT2D eigenvalue weighted by atomic mass is 32.2. The van der Waals surface area contributed by atoms with E-state index in [9.17, 15) is 8.42 Å². The van der Waals surface area contributed by atoms with Crippen LogP contribution in [-0.2, 0) is 10.0 Å². The summed E-state index contributed by atoms with van der Waals surface area (Å²) in [5, 5.41) is 6.96. The van der Waals surface area contributed by atoms with Crippen LogP contribution in [0, 0.1) is 5.41 Å². The average Bonchev–Trinajstić information content (AvgIpc) is 1.85. The quantitative estimate of drug-likeness (QED) is 0.573. The van der Waals surface area contributed by atoms with Crippen molar-refractivity contribution in [3.05, 3.63) is 0 Å². The first-order valence-corrected chi connectivity index (χ1v) is 4.58. The minimum Gasteiger partial charge on any atom is -0.310 e. The van der Waals surface area contributed by atoms with Gasteiger partial charge in [0, 0.05) is 12.1 Å². The molecule has 2 N–H and O–H groups in total. The van der Waals surface area contributed by atoms with E-state index in [0.29, 0.717) is 12.1 Å². The molecule has 0 rings (SSSR count). The van der Waals surface area contributed by atoms with Gasteiger partial charge in [0.25, 0.3) is 0 Å². The molecule has 0 aliphatic heterocycles. The number of rotatable bonds is 4. The van der Waals surface area contributed by atoms with Crippen molar-refractivity contribution in [1.29, 1.82) is 5.41 Å². The molecule has 0 aliphatic rings.